The van der Waals surface area contributed by atoms with Crippen LogP contribution in [0.1, 0.15) is 56.2 Å². The predicted molar refractivity (Wildman–Crippen MR) is 129 cm³/mol. The van der Waals surface area contributed by atoms with E-state index >= 15 is 0 Å². The van der Waals surface area contributed by atoms with Crippen molar-refractivity contribution in [1.82, 2.24) is 19.8 Å². The average Bonchev–Trinajstić information content (AvgIpc) is 3.50. The van der Waals surface area contributed by atoms with E-state index in [0.717, 1.165) is 24.2 Å². The van der Waals surface area contributed by atoms with E-state index in [4.69, 9.17) is 4.42 Å². The van der Waals surface area contributed by atoms with Crippen LogP contribution in [-0.2, 0) is 17.9 Å². The minimum absolute atomic E-state index is 0.107. The van der Waals surface area contributed by atoms with Crippen molar-refractivity contribution < 1.29 is 14.0 Å². The molecule has 2 amide bonds. The molecule has 2 aliphatic rings. The molecule has 1 N–H and O–H groups in total. The molecule has 1 aliphatic heterocycles. The first-order valence-corrected chi connectivity index (χ1v) is 12.1. The number of hydrogen-bond acceptors (Lipinski definition) is 4. The van der Waals surface area contributed by atoms with Gasteiger partial charge in [-0.15, -0.1) is 0 Å². The van der Waals surface area contributed by atoms with Crippen molar-refractivity contribution in [2.24, 2.45) is 11.8 Å². The highest BCUT2D eigenvalue weighted by Crippen LogP contribution is 2.35. The summed E-state index contributed by atoms with van der Waals surface area (Å²) in [7, 11) is 0. The van der Waals surface area contributed by atoms with Crippen LogP contribution in [0.15, 0.2) is 59.3 Å². The van der Waals surface area contributed by atoms with Crippen molar-refractivity contribution >= 4 is 11.8 Å². The minimum Gasteiger partial charge on any atom is -0.463 e. The van der Waals surface area contributed by atoms with Gasteiger partial charge in [0.25, 0.3) is 5.91 Å². The summed E-state index contributed by atoms with van der Waals surface area (Å²) in [4.78, 5) is 33.9. The van der Waals surface area contributed by atoms with Crippen LogP contribution in [0.2, 0.25) is 0 Å². The average molecular weight is 461 g/mol. The van der Waals surface area contributed by atoms with Crippen molar-refractivity contribution in [3.8, 4) is 11.5 Å². The Morgan fingerprint density at radius 3 is 2.71 bits per heavy atom. The fourth-order valence-corrected chi connectivity index (χ4v) is 5.42. The van der Waals surface area contributed by atoms with Gasteiger partial charge in [0.05, 0.1) is 30.7 Å². The van der Waals surface area contributed by atoms with E-state index in [-0.39, 0.29) is 24.4 Å². The molecule has 0 bridgehead atoms. The molecule has 0 saturated heterocycles. The first kappa shape index (κ1) is 22.4. The van der Waals surface area contributed by atoms with Gasteiger partial charge in [0.15, 0.2) is 0 Å². The van der Waals surface area contributed by atoms with Crippen molar-refractivity contribution in [2.45, 2.75) is 64.7 Å². The zero-order valence-corrected chi connectivity index (χ0v) is 20.0. The number of nitrogens with one attached hydrogen (secondary N) is 1. The molecule has 3 aromatic rings. The minimum atomic E-state index is -1.08. The zero-order chi connectivity index (χ0) is 23.9. The molecule has 0 aromatic carbocycles. The number of rotatable bonds is 5. The van der Waals surface area contributed by atoms with E-state index in [1.807, 2.05) is 54.0 Å². The molecule has 0 unspecified atom stereocenters. The highest BCUT2D eigenvalue weighted by atomic mass is 16.3. The maximum atomic E-state index is 14.0. The molecular weight excluding hydrogens is 428 g/mol. The molecule has 0 radical (unpaired) electrons. The molecular formula is C27H32N4O3. The fraction of sp³-hybridized carbons (Fsp3) is 0.444. The van der Waals surface area contributed by atoms with Gasteiger partial charge in [-0.1, -0.05) is 32.8 Å². The molecule has 7 heteroatoms. The maximum Gasteiger partial charge on any atom is 0.271 e. The first-order chi connectivity index (χ1) is 16.4. The summed E-state index contributed by atoms with van der Waals surface area (Å²) in [5.74, 6) is 1.33. The van der Waals surface area contributed by atoms with Gasteiger partial charge in [-0.2, -0.15) is 0 Å². The Balaban J connectivity index is 1.52. The Bertz CT molecular complexity index is 1170. The molecule has 7 nitrogen and oxygen atoms in total. The highest BCUT2D eigenvalue weighted by molar-refractivity contribution is 6.00. The highest BCUT2D eigenvalue weighted by Gasteiger charge is 2.49. The van der Waals surface area contributed by atoms with Gasteiger partial charge in [-0.25, -0.2) is 0 Å². The van der Waals surface area contributed by atoms with Gasteiger partial charge >= 0.3 is 0 Å². The van der Waals surface area contributed by atoms with Crippen LogP contribution >= 0.6 is 0 Å². The van der Waals surface area contributed by atoms with Crippen LogP contribution < -0.4 is 5.32 Å². The van der Waals surface area contributed by atoms with Crippen LogP contribution in [0.3, 0.4) is 0 Å². The fourth-order valence-electron chi connectivity index (χ4n) is 5.42. The maximum absolute atomic E-state index is 14.0. The number of nitrogens with zero attached hydrogens (tertiary/aromatic N) is 3. The van der Waals surface area contributed by atoms with Gasteiger partial charge in [-0.3, -0.25) is 14.6 Å². The molecule has 34 heavy (non-hydrogen) atoms. The van der Waals surface area contributed by atoms with E-state index in [9.17, 15) is 9.59 Å². The van der Waals surface area contributed by atoms with E-state index in [0.29, 0.717) is 29.8 Å². The Labute approximate surface area is 200 Å². The standard InChI is InChI=1S/C27H32N4O3/c1-18-8-6-10-21(19(18)2)29-26(33)27(3)17-30-22(24-11-7-15-34-24)12-13-23(30)25(32)31(27)16-20-9-4-5-14-28-20/h4-5,7,9,11-15,18-19,21H,6,8,10,16-17H2,1-3H3,(H,29,33)/t18-,19-,21+,27-/m1/s1. The Hall–Kier alpha value is -3.35. The second-order valence-corrected chi connectivity index (χ2v) is 10.0. The smallest absolute Gasteiger partial charge is 0.271 e. The lowest BCUT2D eigenvalue weighted by Crippen LogP contribution is -2.65. The number of fused-ring (bicyclic) bond motifs is 1. The van der Waals surface area contributed by atoms with Crippen LogP contribution in [0.4, 0.5) is 0 Å². The van der Waals surface area contributed by atoms with Gasteiger partial charge in [-0.05, 0) is 61.6 Å². The summed E-state index contributed by atoms with van der Waals surface area (Å²) in [5, 5.41) is 3.33. The Kier molecular flexibility index (Phi) is 5.80. The summed E-state index contributed by atoms with van der Waals surface area (Å²) < 4.78 is 7.54. The molecule has 1 aliphatic carbocycles. The molecule has 0 spiro atoms. The third-order valence-electron chi connectivity index (χ3n) is 7.84. The van der Waals surface area contributed by atoms with Crippen molar-refractivity contribution in [2.75, 3.05) is 0 Å². The lowest BCUT2D eigenvalue weighted by atomic mass is 9.77. The van der Waals surface area contributed by atoms with Crippen LogP contribution in [0, 0.1) is 11.8 Å². The summed E-state index contributed by atoms with van der Waals surface area (Å²) in [6.07, 6.45) is 6.59. The summed E-state index contributed by atoms with van der Waals surface area (Å²) in [6, 6.07) is 13.1. The first-order valence-electron chi connectivity index (χ1n) is 12.1. The number of hydrogen-bond donors (Lipinski definition) is 1. The second-order valence-electron chi connectivity index (χ2n) is 10.0. The van der Waals surface area contributed by atoms with E-state index in [1.165, 1.54) is 6.42 Å². The lowest BCUT2D eigenvalue weighted by molar-refractivity contribution is -0.134. The van der Waals surface area contributed by atoms with Gasteiger partial charge in [0, 0.05) is 12.2 Å². The Morgan fingerprint density at radius 2 is 1.97 bits per heavy atom. The van der Waals surface area contributed by atoms with Crippen LogP contribution in [-0.4, -0.2) is 37.8 Å². The molecule has 3 aromatic heterocycles. The van der Waals surface area contributed by atoms with E-state index in [2.05, 4.69) is 24.1 Å². The van der Waals surface area contributed by atoms with E-state index < -0.39 is 5.54 Å². The topological polar surface area (TPSA) is 80.4 Å². The normalized spacial score (nSPS) is 26.9. The van der Waals surface area contributed by atoms with Gasteiger partial charge < -0.3 is 19.2 Å². The quantitative estimate of drug-likeness (QED) is 0.608. The Morgan fingerprint density at radius 1 is 1.15 bits per heavy atom. The van der Waals surface area contributed by atoms with Crippen molar-refractivity contribution in [1.29, 1.82) is 0 Å². The number of aromatic nitrogens is 2. The number of pyridine rings is 1. The van der Waals surface area contributed by atoms with Gasteiger partial charge in [0.1, 0.15) is 17.0 Å². The van der Waals surface area contributed by atoms with E-state index in [1.54, 1.807) is 17.4 Å². The second kappa shape index (κ2) is 8.78. The number of amides is 2. The van der Waals surface area contributed by atoms with Crippen LogP contribution in [0.5, 0.6) is 0 Å². The molecule has 5 rings (SSSR count). The third-order valence-corrected chi connectivity index (χ3v) is 7.84. The van der Waals surface area contributed by atoms with Gasteiger partial charge in [0.2, 0.25) is 5.91 Å². The lowest BCUT2D eigenvalue weighted by Gasteiger charge is -2.45. The molecule has 4 heterocycles. The molecule has 178 valence electrons. The number of furan rings is 1. The summed E-state index contributed by atoms with van der Waals surface area (Å²) >= 11 is 0. The zero-order valence-electron chi connectivity index (χ0n) is 20.0. The number of carbonyl (C=O) groups excluding carboxylic acids is 2. The summed E-state index contributed by atoms with van der Waals surface area (Å²) in [6.45, 7) is 6.95. The largest absolute Gasteiger partial charge is 0.463 e. The summed E-state index contributed by atoms with van der Waals surface area (Å²) in [5.41, 5.74) is 1.01. The monoisotopic (exact) mass is 460 g/mol. The predicted octanol–water partition coefficient (Wildman–Crippen LogP) is 4.50. The molecule has 1 saturated carbocycles. The van der Waals surface area contributed by atoms with Crippen molar-refractivity contribution in [3.05, 3.63) is 66.3 Å². The third kappa shape index (κ3) is 3.83. The molecule has 4 atom stereocenters. The van der Waals surface area contributed by atoms with Crippen molar-refractivity contribution in [3.63, 3.8) is 0 Å². The number of carbonyl (C=O) groups is 2. The SMILES string of the molecule is C[C@@H]1[C@H](C)CCC[C@@H]1NC(=O)[C@@]1(C)Cn2c(ccc2-c2ccco2)C(=O)N1Cc1ccccn1. The molecule has 1 fully saturated rings. The van der Waals surface area contributed by atoms with Crippen LogP contribution in [0.25, 0.3) is 11.5 Å².